The maximum Gasteiger partial charge on any atom is 0.240 e. The summed E-state index contributed by atoms with van der Waals surface area (Å²) in [6.45, 7) is 1.63. The summed E-state index contributed by atoms with van der Waals surface area (Å²) in [5.74, 6) is 0.190. The van der Waals surface area contributed by atoms with Crippen LogP contribution in [0.25, 0.3) is 0 Å². The molecule has 1 aromatic heterocycles. The molecule has 0 atom stereocenters. The normalized spacial score (nSPS) is 11.2. The van der Waals surface area contributed by atoms with Crippen LogP contribution in [0.1, 0.15) is 29.5 Å². The number of amides is 1. The van der Waals surface area contributed by atoms with Gasteiger partial charge in [-0.15, -0.1) is 0 Å². The predicted molar refractivity (Wildman–Crippen MR) is 86.8 cm³/mol. The lowest BCUT2D eigenvalue weighted by Crippen LogP contribution is -2.30. The highest BCUT2D eigenvalue weighted by Crippen LogP contribution is 2.11. The highest BCUT2D eigenvalue weighted by atomic mass is 32.2. The smallest absolute Gasteiger partial charge is 0.240 e. The number of sulfonamides is 1. The molecule has 0 spiro atoms. The molecule has 0 radical (unpaired) electrons. The van der Waals surface area contributed by atoms with Gasteiger partial charge in [0.05, 0.1) is 17.7 Å². The van der Waals surface area contributed by atoms with Crippen molar-refractivity contribution in [2.45, 2.75) is 24.8 Å². The second-order valence-electron chi connectivity index (χ2n) is 5.08. The lowest BCUT2D eigenvalue weighted by atomic mass is 10.2. The number of rotatable bonds is 8. The Balaban J connectivity index is 1.81. The van der Waals surface area contributed by atoms with Crippen molar-refractivity contribution < 1.29 is 22.4 Å². The van der Waals surface area contributed by atoms with Crippen LogP contribution in [0.3, 0.4) is 0 Å². The van der Waals surface area contributed by atoms with E-state index < -0.39 is 10.0 Å². The molecule has 1 aromatic carbocycles. The molecule has 0 bridgehead atoms. The van der Waals surface area contributed by atoms with E-state index >= 15 is 0 Å². The number of hydrogen-bond donors (Lipinski definition) is 2. The summed E-state index contributed by atoms with van der Waals surface area (Å²) in [6.07, 6.45) is 1.51. The van der Waals surface area contributed by atoms with E-state index in [9.17, 15) is 18.0 Å². The molecule has 2 rings (SSSR count). The monoisotopic (exact) mass is 350 g/mol. The first-order chi connectivity index (χ1) is 11.4. The maximum absolute atomic E-state index is 12.1. The van der Waals surface area contributed by atoms with E-state index in [1.54, 1.807) is 12.1 Å². The van der Waals surface area contributed by atoms with E-state index in [0.29, 0.717) is 11.3 Å². The van der Waals surface area contributed by atoms with Gasteiger partial charge in [0.2, 0.25) is 15.9 Å². The Morgan fingerprint density at radius 3 is 2.42 bits per heavy atom. The van der Waals surface area contributed by atoms with Crippen LogP contribution in [0.4, 0.5) is 0 Å². The Morgan fingerprint density at radius 1 is 1.12 bits per heavy atom. The summed E-state index contributed by atoms with van der Waals surface area (Å²) in [7, 11) is -3.72. The molecule has 0 fully saturated rings. The number of carbonyl (C=O) groups is 2. The van der Waals surface area contributed by atoms with Crippen molar-refractivity contribution in [3.8, 4) is 0 Å². The zero-order chi connectivity index (χ0) is 17.6. The predicted octanol–water partition coefficient (Wildman–Crippen LogP) is 1.47. The summed E-state index contributed by atoms with van der Waals surface area (Å²) in [5, 5.41) is 2.63. The van der Waals surface area contributed by atoms with Crippen molar-refractivity contribution in [2.75, 3.05) is 6.54 Å². The Bertz CT molecular complexity index is 796. The van der Waals surface area contributed by atoms with Crippen LogP contribution >= 0.6 is 0 Å². The fourth-order valence-electron chi connectivity index (χ4n) is 1.94. The molecule has 1 heterocycles. The first-order valence-electron chi connectivity index (χ1n) is 7.28. The number of ketones is 1. The van der Waals surface area contributed by atoms with Crippen molar-refractivity contribution >= 4 is 21.7 Å². The van der Waals surface area contributed by atoms with Crippen LogP contribution in [-0.2, 0) is 21.4 Å². The number of Topliss-reactive ketones (excluding diaryl/α,β-unsaturated/α-hetero) is 1. The first kappa shape index (κ1) is 17.9. The molecular weight excluding hydrogens is 332 g/mol. The van der Waals surface area contributed by atoms with E-state index in [0.717, 1.165) is 0 Å². The Hall–Kier alpha value is -2.45. The van der Waals surface area contributed by atoms with Crippen LogP contribution < -0.4 is 10.0 Å². The van der Waals surface area contributed by atoms with Crippen molar-refractivity contribution in [1.29, 1.82) is 0 Å². The molecule has 2 N–H and O–H groups in total. The van der Waals surface area contributed by atoms with Gasteiger partial charge in [-0.3, -0.25) is 9.59 Å². The van der Waals surface area contributed by atoms with E-state index in [4.69, 9.17) is 4.42 Å². The second kappa shape index (κ2) is 7.89. The van der Waals surface area contributed by atoms with Crippen molar-refractivity contribution in [1.82, 2.24) is 10.0 Å². The quantitative estimate of drug-likeness (QED) is 0.701. The average Bonchev–Trinajstić information content (AvgIpc) is 3.06. The molecule has 7 nitrogen and oxygen atoms in total. The fraction of sp³-hybridized carbons (Fsp3) is 0.250. The molecule has 0 saturated carbocycles. The Morgan fingerprint density at radius 2 is 1.83 bits per heavy atom. The lowest BCUT2D eigenvalue weighted by molar-refractivity contribution is -0.121. The number of carbonyl (C=O) groups excluding carboxylic acids is 2. The zero-order valence-electron chi connectivity index (χ0n) is 13.1. The molecule has 8 heteroatoms. The summed E-state index contributed by atoms with van der Waals surface area (Å²) in [6, 6.07) is 9.06. The van der Waals surface area contributed by atoms with E-state index in [2.05, 4.69) is 10.0 Å². The lowest BCUT2D eigenvalue weighted by Gasteiger charge is -2.07. The van der Waals surface area contributed by atoms with Crippen LogP contribution in [0.5, 0.6) is 0 Å². The van der Waals surface area contributed by atoms with Crippen LogP contribution in [0.15, 0.2) is 52.0 Å². The van der Waals surface area contributed by atoms with Gasteiger partial charge in [-0.2, -0.15) is 0 Å². The summed E-state index contributed by atoms with van der Waals surface area (Å²) in [4.78, 5) is 22.9. The molecule has 0 aliphatic rings. The number of benzene rings is 1. The third-order valence-corrected chi connectivity index (χ3v) is 4.73. The minimum absolute atomic E-state index is 0.00542. The average molecular weight is 350 g/mol. The molecule has 128 valence electrons. The van der Waals surface area contributed by atoms with Gasteiger partial charge in [-0.05, 0) is 31.2 Å². The van der Waals surface area contributed by atoms with Gasteiger partial charge < -0.3 is 9.73 Å². The second-order valence-corrected chi connectivity index (χ2v) is 6.85. The third kappa shape index (κ3) is 5.04. The van der Waals surface area contributed by atoms with Crippen molar-refractivity contribution in [3.05, 3.63) is 54.0 Å². The molecular formula is C16H18N2O5S. The summed E-state index contributed by atoms with van der Waals surface area (Å²) >= 11 is 0. The van der Waals surface area contributed by atoms with Gasteiger partial charge in [0.1, 0.15) is 5.76 Å². The molecule has 0 unspecified atom stereocenters. The number of furan rings is 1. The SMILES string of the molecule is CC(=O)c1ccc(S(=O)(=O)NCCC(=O)NCc2ccco2)cc1. The highest BCUT2D eigenvalue weighted by Gasteiger charge is 2.14. The van der Waals surface area contributed by atoms with Gasteiger partial charge in [0, 0.05) is 18.5 Å². The molecule has 0 aliphatic heterocycles. The fourth-order valence-corrected chi connectivity index (χ4v) is 2.97. The van der Waals surface area contributed by atoms with Crippen LogP contribution in [0.2, 0.25) is 0 Å². The van der Waals surface area contributed by atoms with Gasteiger partial charge >= 0.3 is 0 Å². The molecule has 24 heavy (non-hydrogen) atoms. The van der Waals surface area contributed by atoms with Crippen LogP contribution in [0, 0.1) is 0 Å². The minimum Gasteiger partial charge on any atom is -0.467 e. The van der Waals surface area contributed by atoms with E-state index in [1.165, 1.54) is 37.5 Å². The standard InChI is InChI=1S/C16H18N2O5S/c1-12(19)13-4-6-15(7-5-13)24(21,22)18-9-8-16(20)17-11-14-3-2-10-23-14/h2-7,10,18H,8-9,11H2,1H3,(H,17,20). The van der Waals surface area contributed by atoms with Gasteiger partial charge in [0.25, 0.3) is 0 Å². The number of nitrogens with one attached hydrogen (secondary N) is 2. The molecule has 0 saturated heterocycles. The van der Waals surface area contributed by atoms with Crippen molar-refractivity contribution in [2.24, 2.45) is 0 Å². The Kier molecular flexibility index (Phi) is 5.88. The van der Waals surface area contributed by atoms with Crippen molar-refractivity contribution in [3.63, 3.8) is 0 Å². The van der Waals surface area contributed by atoms with E-state index in [-0.39, 0.29) is 36.1 Å². The Labute approximate surface area is 140 Å². The topological polar surface area (TPSA) is 105 Å². The van der Waals surface area contributed by atoms with Crippen LogP contribution in [-0.4, -0.2) is 26.7 Å². The number of hydrogen-bond acceptors (Lipinski definition) is 5. The molecule has 1 amide bonds. The highest BCUT2D eigenvalue weighted by molar-refractivity contribution is 7.89. The van der Waals surface area contributed by atoms with Gasteiger partial charge in [-0.1, -0.05) is 12.1 Å². The van der Waals surface area contributed by atoms with E-state index in [1.807, 2.05) is 0 Å². The van der Waals surface area contributed by atoms with Gasteiger partial charge in [-0.25, -0.2) is 13.1 Å². The summed E-state index contributed by atoms with van der Waals surface area (Å²) < 4.78 is 31.6. The zero-order valence-corrected chi connectivity index (χ0v) is 13.9. The third-order valence-electron chi connectivity index (χ3n) is 3.26. The molecule has 0 aliphatic carbocycles. The first-order valence-corrected chi connectivity index (χ1v) is 8.76. The maximum atomic E-state index is 12.1. The van der Waals surface area contributed by atoms with Gasteiger partial charge in [0.15, 0.2) is 5.78 Å². The summed E-state index contributed by atoms with van der Waals surface area (Å²) in [5.41, 5.74) is 0.436. The minimum atomic E-state index is -3.72. The largest absolute Gasteiger partial charge is 0.467 e. The molecule has 2 aromatic rings.